The molecule has 3 N–H and O–H groups in total. The summed E-state index contributed by atoms with van der Waals surface area (Å²) in [5, 5.41) is 16.5. The van der Waals surface area contributed by atoms with Gasteiger partial charge in [-0.3, -0.25) is 9.59 Å². The quantitative estimate of drug-likeness (QED) is 0.389. The lowest BCUT2D eigenvalue weighted by Crippen LogP contribution is -2.25. The van der Waals surface area contributed by atoms with Crippen LogP contribution < -0.4 is 10.6 Å². The van der Waals surface area contributed by atoms with Crippen LogP contribution in [0, 0.1) is 12.8 Å². The van der Waals surface area contributed by atoms with Crippen LogP contribution in [0.2, 0.25) is 5.02 Å². The average Bonchev–Trinajstić information content (AvgIpc) is 3.03. The van der Waals surface area contributed by atoms with E-state index in [2.05, 4.69) is 24.5 Å². The Kier molecular flexibility index (Phi) is 7.23. The predicted octanol–water partition coefficient (Wildman–Crippen LogP) is 5.80. The van der Waals surface area contributed by atoms with E-state index in [4.69, 9.17) is 21.1 Å². The number of anilines is 1. The third-order valence-corrected chi connectivity index (χ3v) is 5.31. The van der Waals surface area contributed by atoms with Crippen molar-refractivity contribution in [1.82, 2.24) is 5.32 Å². The van der Waals surface area contributed by atoms with E-state index >= 15 is 0 Å². The fourth-order valence-corrected chi connectivity index (χ4v) is 3.72. The standard InChI is InChI=1S/C24H27ClN2O4/c1-14(2)12-20(23-15(3)19-13-17(25)6-9-21(19)31-23)27-18-7-4-16(5-8-18)24(30)26-11-10-22(28)29/h4-9,13-14,20,27H,10-12H2,1-3H3,(H,26,30)(H,28,29). The molecule has 164 valence electrons. The number of carbonyl (C=O) groups excluding carboxylic acids is 1. The van der Waals surface area contributed by atoms with Crippen molar-refractivity contribution < 1.29 is 19.1 Å². The van der Waals surface area contributed by atoms with Gasteiger partial charge in [-0.2, -0.15) is 0 Å². The van der Waals surface area contributed by atoms with E-state index in [9.17, 15) is 9.59 Å². The van der Waals surface area contributed by atoms with E-state index in [0.717, 1.165) is 34.4 Å². The Balaban J connectivity index is 1.78. The Hall–Kier alpha value is -2.99. The van der Waals surface area contributed by atoms with E-state index < -0.39 is 5.97 Å². The maximum Gasteiger partial charge on any atom is 0.305 e. The van der Waals surface area contributed by atoms with Crippen molar-refractivity contribution in [1.29, 1.82) is 0 Å². The molecule has 0 radical (unpaired) electrons. The normalized spacial score (nSPS) is 12.2. The van der Waals surface area contributed by atoms with Crippen LogP contribution >= 0.6 is 11.6 Å². The van der Waals surface area contributed by atoms with Gasteiger partial charge in [0.05, 0.1) is 12.5 Å². The lowest BCUT2D eigenvalue weighted by Gasteiger charge is -2.21. The summed E-state index contributed by atoms with van der Waals surface area (Å²) in [6.07, 6.45) is 0.760. The number of aliphatic carboxylic acids is 1. The minimum Gasteiger partial charge on any atom is -0.481 e. The number of carbonyl (C=O) groups is 2. The van der Waals surface area contributed by atoms with Crippen molar-refractivity contribution in [2.24, 2.45) is 5.92 Å². The van der Waals surface area contributed by atoms with Gasteiger partial charge < -0.3 is 20.2 Å². The molecular formula is C24H27ClN2O4. The Labute approximate surface area is 186 Å². The number of hydrogen-bond donors (Lipinski definition) is 3. The average molecular weight is 443 g/mol. The van der Waals surface area contributed by atoms with Crippen molar-refractivity contribution in [2.75, 3.05) is 11.9 Å². The molecule has 7 heteroatoms. The van der Waals surface area contributed by atoms with Gasteiger partial charge in [-0.05, 0) is 61.7 Å². The Morgan fingerprint density at radius 2 is 1.84 bits per heavy atom. The van der Waals surface area contributed by atoms with Crippen LogP contribution in [0.4, 0.5) is 5.69 Å². The molecule has 0 spiro atoms. The van der Waals surface area contributed by atoms with Gasteiger partial charge in [0.25, 0.3) is 5.91 Å². The maximum atomic E-state index is 12.1. The van der Waals surface area contributed by atoms with E-state index in [1.165, 1.54) is 0 Å². The highest BCUT2D eigenvalue weighted by Crippen LogP contribution is 2.35. The van der Waals surface area contributed by atoms with E-state index in [1.54, 1.807) is 12.1 Å². The lowest BCUT2D eigenvalue weighted by molar-refractivity contribution is -0.136. The second-order valence-corrected chi connectivity index (χ2v) is 8.47. The number of amides is 1. The molecule has 2 aromatic carbocycles. The molecule has 6 nitrogen and oxygen atoms in total. The van der Waals surface area contributed by atoms with Gasteiger partial charge >= 0.3 is 5.97 Å². The predicted molar refractivity (Wildman–Crippen MR) is 123 cm³/mol. The fraction of sp³-hybridized carbons (Fsp3) is 0.333. The molecule has 0 fully saturated rings. The zero-order valence-corrected chi connectivity index (χ0v) is 18.6. The number of hydrogen-bond acceptors (Lipinski definition) is 4. The number of nitrogens with one attached hydrogen (secondary N) is 2. The van der Waals surface area contributed by atoms with E-state index in [1.807, 2.05) is 37.3 Å². The van der Waals surface area contributed by atoms with Gasteiger partial charge in [0.15, 0.2) is 0 Å². The molecule has 0 saturated carbocycles. The number of fused-ring (bicyclic) bond motifs is 1. The lowest BCUT2D eigenvalue weighted by atomic mass is 9.98. The largest absolute Gasteiger partial charge is 0.481 e. The number of aryl methyl sites for hydroxylation is 1. The maximum absolute atomic E-state index is 12.1. The second-order valence-electron chi connectivity index (χ2n) is 8.04. The first-order valence-electron chi connectivity index (χ1n) is 10.3. The topological polar surface area (TPSA) is 91.6 Å². The van der Waals surface area contributed by atoms with Crippen LogP contribution in [0.15, 0.2) is 46.9 Å². The van der Waals surface area contributed by atoms with Crippen LogP contribution in [0.1, 0.15) is 54.4 Å². The van der Waals surface area contributed by atoms with E-state index in [0.29, 0.717) is 16.5 Å². The van der Waals surface area contributed by atoms with Gasteiger partial charge in [-0.1, -0.05) is 25.4 Å². The summed E-state index contributed by atoms with van der Waals surface area (Å²) in [6.45, 7) is 6.46. The van der Waals surface area contributed by atoms with Crippen LogP contribution in [0.3, 0.4) is 0 Å². The molecule has 0 bridgehead atoms. The Morgan fingerprint density at radius 1 is 1.13 bits per heavy atom. The summed E-state index contributed by atoms with van der Waals surface area (Å²) in [5.74, 6) is 0.0742. The van der Waals surface area contributed by atoms with Crippen molar-refractivity contribution in [2.45, 2.75) is 39.7 Å². The highest BCUT2D eigenvalue weighted by Gasteiger charge is 2.22. The van der Waals surface area contributed by atoms with Crippen molar-refractivity contribution in [3.8, 4) is 0 Å². The molecule has 0 aliphatic rings. The summed E-state index contributed by atoms with van der Waals surface area (Å²) in [4.78, 5) is 22.7. The number of benzene rings is 2. The van der Waals surface area contributed by atoms with Crippen molar-refractivity contribution in [3.05, 3.63) is 64.4 Å². The molecule has 1 heterocycles. The van der Waals surface area contributed by atoms with Gasteiger partial charge in [-0.15, -0.1) is 0 Å². The summed E-state index contributed by atoms with van der Waals surface area (Å²) >= 11 is 6.16. The summed E-state index contributed by atoms with van der Waals surface area (Å²) in [6, 6.07) is 12.7. The van der Waals surface area contributed by atoms with Gasteiger partial charge in [-0.25, -0.2) is 0 Å². The van der Waals surface area contributed by atoms with E-state index in [-0.39, 0.29) is 24.9 Å². The highest BCUT2D eigenvalue weighted by atomic mass is 35.5. The van der Waals surface area contributed by atoms with Crippen LogP contribution in [0.5, 0.6) is 0 Å². The second kappa shape index (κ2) is 9.88. The van der Waals surface area contributed by atoms with Crippen molar-refractivity contribution >= 4 is 40.1 Å². The molecule has 1 unspecified atom stereocenters. The zero-order chi connectivity index (χ0) is 22.5. The number of halogens is 1. The molecule has 1 atom stereocenters. The van der Waals surface area contributed by atoms with Gasteiger partial charge in [0, 0.05) is 33.8 Å². The zero-order valence-electron chi connectivity index (χ0n) is 17.9. The van der Waals surface area contributed by atoms with Gasteiger partial charge in [0.2, 0.25) is 0 Å². The minimum atomic E-state index is -0.945. The number of furan rings is 1. The molecule has 1 amide bonds. The SMILES string of the molecule is Cc1c(C(CC(C)C)Nc2ccc(C(=O)NCCC(=O)O)cc2)oc2ccc(Cl)cc12. The third kappa shape index (κ3) is 5.79. The minimum absolute atomic E-state index is 0.0404. The molecular weight excluding hydrogens is 416 g/mol. The molecule has 0 aliphatic heterocycles. The molecule has 3 aromatic rings. The monoisotopic (exact) mass is 442 g/mol. The summed E-state index contributed by atoms with van der Waals surface area (Å²) < 4.78 is 6.18. The summed E-state index contributed by atoms with van der Waals surface area (Å²) in [7, 11) is 0. The van der Waals surface area contributed by atoms with Gasteiger partial charge in [0.1, 0.15) is 11.3 Å². The Morgan fingerprint density at radius 3 is 2.48 bits per heavy atom. The molecule has 1 aromatic heterocycles. The first-order chi connectivity index (χ1) is 14.7. The van der Waals surface area contributed by atoms with Crippen LogP contribution in [-0.4, -0.2) is 23.5 Å². The number of carboxylic acid groups (broad SMARTS) is 1. The summed E-state index contributed by atoms with van der Waals surface area (Å²) in [5.41, 5.74) is 3.21. The van der Waals surface area contributed by atoms with Crippen LogP contribution in [0.25, 0.3) is 11.0 Å². The molecule has 3 rings (SSSR count). The highest BCUT2D eigenvalue weighted by molar-refractivity contribution is 6.31. The Bertz CT molecular complexity index is 1070. The molecule has 31 heavy (non-hydrogen) atoms. The smallest absolute Gasteiger partial charge is 0.305 e. The molecule has 0 saturated heterocycles. The van der Waals surface area contributed by atoms with Crippen LogP contribution in [-0.2, 0) is 4.79 Å². The number of rotatable bonds is 9. The third-order valence-electron chi connectivity index (χ3n) is 5.07. The first-order valence-corrected chi connectivity index (χ1v) is 10.7. The number of carboxylic acids is 1. The first kappa shape index (κ1) is 22.7. The fourth-order valence-electron chi connectivity index (χ4n) is 3.55. The van der Waals surface area contributed by atoms with Crippen molar-refractivity contribution in [3.63, 3.8) is 0 Å². The molecule has 0 aliphatic carbocycles.